The molecule has 1 aromatic carbocycles. The molecule has 0 unspecified atom stereocenters. The Morgan fingerprint density at radius 1 is 1.44 bits per heavy atom. The zero-order chi connectivity index (χ0) is 11.8. The number of halogens is 1. The van der Waals surface area contributed by atoms with Gasteiger partial charge in [0.05, 0.1) is 6.61 Å². The topological polar surface area (TPSA) is 58.6 Å². The van der Waals surface area contributed by atoms with Gasteiger partial charge in [0, 0.05) is 11.8 Å². The van der Waals surface area contributed by atoms with E-state index in [2.05, 4.69) is 21.4 Å². The third-order valence-electron chi connectivity index (χ3n) is 1.99. The van der Waals surface area contributed by atoms with Gasteiger partial charge in [-0.15, -0.1) is 0 Å². The van der Waals surface area contributed by atoms with Crippen molar-refractivity contribution in [3.63, 3.8) is 0 Å². The van der Waals surface area contributed by atoms with Gasteiger partial charge in [0.15, 0.2) is 0 Å². The predicted molar refractivity (Wildman–Crippen MR) is 64.5 cm³/mol. The molecule has 1 rings (SSSR count). The molecule has 0 aliphatic heterocycles. The third kappa shape index (κ3) is 4.74. The second-order valence-electron chi connectivity index (χ2n) is 3.24. The molecule has 0 bridgehead atoms. The molecule has 0 saturated carbocycles. The average Bonchev–Trinajstić information content (AvgIpc) is 2.29. The van der Waals surface area contributed by atoms with Crippen molar-refractivity contribution in [3.05, 3.63) is 35.9 Å². The fourth-order valence-electron chi connectivity index (χ4n) is 1.23. The van der Waals surface area contributed by atoms with Crippen LogP contribution >= 0.6 is 15.9 Å². The maximum atomic E-state index is 10.9. The van der Waals surface area contributed by atoms with Crippen LogP contribution in [0.3, 0.4) is 0 Å². The van der Waals surface area contributed by atoms with E-state index < -0.39 is 12.0 Å². The summed E-state index contributed by atoms with van der Waals surface area (Å²) in [5, 5.41) is 9.64. The van der Waals surface area contributed by atoms with Gasteiger partial charge < -0.3 is 9.94 Å². The van der Waals surface area contributed by atoms with Crippen molar-refractivity contribution >= 4 is 21.9 Å². The quantitative estimate of drug-likeness (QED) is 0.454. The van der Waals surface area contributed by atoms with Crippen LogP contribution in [-0.4, -0.2) is 29.1 Å². The summed E-state index contributed by atoms with van der Waals surface area (Å²) in [7, 11) is 0. The molecule has 5 heteroatoms. The number of carbonyl (C=O) groups is 1. The van der Waals surface area contributed by atoms with Crippen molar-refractivity contribution in [1.82, 2.24) is 5.48 Å². The number of aliphatic carboxylic acids is 1. The molecule has 0 spiro atoms. The second kappa shape index (κ2) is 7.38. The van der Waals surface area contributed by atoms with E-state index in [0.717, 1.165) is 5.56 Å². The molecule has 0 fully saturated rings. The van der Waals surface area contributed by atoms with E-state index >= 15 is 0 Å². The standard InChI is InChI=1S/C11H14BrNO3/c12-6-7-16-13-10(11(14)15)8-9-4-2-1-3-5-9/h1-5,10,13H,6-8H2,(H,14,15)/t10-/m0/s1. The zero-order valence-corrected chi connectivity index (χ0v) is 10.3. The maximum Gasteiger partial charge on any atom is 0.323 e. The lowest BCUT2D eigenvalue weighted by molar-refractivity contribution is -0.143. The van der Waals surface area contributed by atoms with Crippen LogP contribution in [0, 0.1) is 0 Å². The van der Waals surface area contributed by atoms with E-state index in [1.807, 2.05) is 30.3 Å². The highest BCUT2D eigenvalue weighted by Gasteiger charge is 2.17. The highest BCUT2D eigenvalue weighted by atomic mass is 79.9. The Hall–Kier alpha value is -0.910. The highest BCUT2D eigenvalue weighted by molar-refractivity contribution is 9.09. The van der Waals surface area contributed by atoms with Crippen molar-refractivity contribution < 1.29 is 14.7 Å². The zero-order valence-electron chi connectivity index (χ0n) is 8.73. The van der Waals surface area contributed by atoms with Crippen molar-refractivity contribution in [1.29, 1.82) is 0 Å². The Morgan fingerprint density at radius 3 is 2.69 bits per heavy atom. The molecule has 4 nitrogen and oxygen atoms in total. The van der Waals surface area contributed by atoms with E-state index in [4.69, 9.17) is 9.94 Å². The summed E-state index contributed by atoms with van der Waals surface area (Å²) >= 11 is 3.19. The van der Waals surface area contributed by atoms with Crippen LogP contribution in [0.5, 0.6) is 0 Å². The van der Waals surface area contributed by atoms with Crippen LogP contribution in [0.1, 0.15) is 5.56 Å². The lowest BCUT2D eigenvalue weighted by Gasteiger charge is -2.13. The molecule has 16 heavy (non-hydrogen) atoms. The lowest BCUT2D eigenvalue weighted by atomic mass is 10.1. The van der Waals surface area contributed by atoms with Crippen LogP contribution in [0.4, 0.5) is 0 Å². The summed E-state index contributed by atoms with van der Waals surface area (Å²) in [5.41, 5.74) is 3.50. The van der Waals surface area contributed by atoms with Crippen molar-refractivity contribution in [2.45, 2.75) is 12.5 Å². The molecule has 0 amide bonds. The Balaban J connectivity index is 2.48. The number of carboxylic acid groups (broad SMARTS) is 1. The Morgan fingerprint density at radius 2 is 2.12 bits per heavy atom. The van der Waals surface area contributed by atoms with Crippen LogP contribution in [0.25, 0.3) is 0 Å². The minimum Gasteiger partial charge on any atom is -0.480 e. The molecule has 0 aromatic heterocycles. The molecular formula is C11H14BrNO3. The smallest absolute Gasteiger partial charge is 0.323 e. The van der Waals surface area contributed by atoms with E-state index in [-0.39, 0.29) is 0 Å². The van der Waals surface area contributed by atoms with Crippen LogP contribution < -0.4 is 5.48 Å². The van der Waals surface area contributed by atoms with Gasteiger partial charge in [0.2, 0.25) is 0 Å². The Labute approximate surface area is 103 Å². The number of hydroxylamine groups is 1. The number of hydrogen-bond donors (Lipinski definition) is 2. The normalized spacial score (nSPS) is 12.3. The highest BCUT2D eigenvalue weighted by Crippen LogP contribution is 2.03. The van der Waals surface area contributed by atoms with Crippen molar-refractivity contribution in [2.24, 2.45) is 0 Å². The summed E-state index contributed by atoms with van der Waals surface area (Å²) in [5.74, 6) is -0.918. The summed E-state index contributed by atoms with van der Waals surface area (Å²) in [6, 6.07) is 8.72. The monoisotopic (exact) mass is 287 g/mol. The van der Waals surface area contributed by atoms with E-state index in [9.17, 15) is 4.79 Å². The summed E-state index contributed by atoms with van der Waals surface area (Å²) in [6.45, 7) is 0.429. The fourth-order valence-corrected chi connectivity index (χ4v) is 1.39. The van der Waals surface area contributed by atoms with E-state index in [0.29, 0.717) is 18.4 Å². The third-order valence-corrected chi connectivity index (χ3v) is 2.31. The van der Waals surface area contributed by atoms with Crippen molar-refractivity contribution in [3.8, 4) is 0 Å². The van der Waals surface area contributed by atoms with Crippen LogP contribution in [-0.2, 0) is 16.1 Å². The SMILES string of the molecule is O=C(O)[C@H](Cc1ccccc1)NOCCBr. The fraction of sp³-hybridized carbons (Fsp3) is 0.364. The first kappa shape index (κ1) is 13.2. The lowest BCUT2D eigenvalue weighted by Crippen LogP contribution is -2.38. The van der Waals surface area contributed by atoms with E-state index in [1.54, 1.807) is 0 Å². The predicted octanol–water partition coefficient (Wildman–Crippen LogP) is 1.60. The van der Waals surface area contributed by atoms with Gasteiger partial charge in [0.25, 0.3) is 0 Å². The van der Waals surface area contributed by atoms with E-state index in [1.165, 1.54) is 0 Å². The van der Waals surface area contributed by atoms with Crippen molar-refractivity contribution in [2.75, 3.05) is 11.9 Å². The summed E-state index contributed by atoms with van der Waals surface area (Å²) in [6.07, 6.45) is 0.401. The number of nitrogens with one attached hydrogen (secondary N) is 1. The van der Waals surface area contributed by atoms with Crippen LogP contribution in [0.2, 0.25) is 0 Å². The summed E-state index contributed by atoms with van der Waals surface area (Å²) in [4.78, 5) is 15.9. The largest absolute Gasteiger partial charge is 0.480 e. The molecule has 0 radical (unpaired) electrons. The maximum absolute atomic E-state index is 10.9. The number of alkyl halides is 1. The molecule has 88 valence electrons. The van der Waals surface area contributed by atoms with Gasteiger partial charge in [-0.25, -0.2) is 0 Å². The van der Waals surface area contributed by atoms with Gasteiger partial charge >= 0.3 is 5.97 Å². The Bertz CT molecular complexity index is 318. The number of rotatable bonds is 7. The molecule has 0 saturated heterocycles. The molecule has 2 N–H and O–H groups in total. The van der Waals surface area contributed by atoms with Gasteiger partial charge in [-0.3, -0.25) is 4.79 Å². The van der Waals surface area contributed by atoms with Crippen LogP contribution in [0.15, 0.2) is 30.3 Å². The first-order chi connectivity index (χ1) is 7.74. The molecule has 0 aliphatic carbocycles. The molecule has 1 atom stereocenters. The first-order valence-electron chi connectivity index (χ1n) is 4.94. The average molecular weight is 288 g/mol. The number of benzene rings is 1. The summed E-state index contributed by atoms with van der Waals surface area (Å²) < 4.78 is 0. The van der Waals surface area contributed by atoms with Gasteiger partial charge in [0.1, 0.15) is 6.04 Å². The molecular weight excluding hydrogens is 274 g/mol. The first-order valence-corrected chi connectivity index (χ1v) is 6.06. The second-order valence-corrected chi connectivity index (χ2v) is 4.03. The molecule has 1 aromatic rings. The minimum atomic E-state index is -0.918. The Kier molecular flexibility index (Phi) is 6.07. The molecule has 0 heterocycles. The molecule has 0 aliphatic rings. The number of hydrogen-bond acceptors (Lipinski definition) is 3. The minimum absolute atomic E-state index is 0.401. The van der Waals surface area contributed by atoms with Gasteiger partial charge in [-0.2, -0.15) is 5.48 Å². The van der Waals surface area contributed by atoms with Gasteiger partial charge in [-0.1, -0.05) is 46.3 Å². The number of carboxylic acids is 1. The van der Waals surface area contributed by atoms with Gasteiger partial charge in [-0.05, 0) is 5.56 Å².